The second-order valence-corrected chi connectivity index (χ2v) is 16.2. The van der Waals surface area contributed by atoms with E-state index in [9.17, 15) is 23.9 Å². The van der Waals surface area contributed by atoms with Gasteiger partial charge in [0.2, 0.25) is 11.8 Å². The molecule has 16 heteroatoms. The van der Waals surface area contributed by atoms with Gasteiger partial charge in [-0.05, 0) is 68.4 Å². The highest BCUT2D eigenvalue weighted by molar-refractivity contribution is 6.53. The smallest absolute Gasteiger partial charge is 0.326 e. The van der Waals surface area contributed by atoms with Gasteiger partial charge in [-0.15, -0.1) is 0 Å². The Balaban J connectivity index is 0.982. The van der Waals surface area contributed by atoms with Crippen LogP contribution in [0.2, 0.25) is 11.1 Å². The van der Waals surface area contributed by atoms with Crippen molar-refractivity contribution in [2.45, 2.75) is 62.8 Å². The lowest BCUT2D eigenvalue weighted by Crippen LogP contribution is -2.45. The number of pyridine rings is 2. The Hall–Kier alpha value is -4.44. The summed E-state index contributed by atoms with van der Waals surface area (Å²) in [5.41, 5.74) is 3.70. The van der Waals surface area contributed by atoms with Crippen molar-refractivity contribution in [3.8, 4) is 5.88 Å². The van der Waals surface area contributed by atoms with Crippen LogP contribution in [-0.4, -0.2) is 106 Å². The molecule has 0 aliphatic carbocycles. The van der Waals surface area contributed by atoms with Crippen molar-refractivity contribution in [1.82, 2.24) is 34.6 Å². The average molecular weight is 736 g/mol. The first-order valence-corrected chi connectivity index (χ1v) is 19.7. The van der Waals surface area contributed by atoms with Crippen molar-refractivity contribution in [3.63, 3.8) is 0 Å². The van der Waals surface area contributed by atoms with Crippen LogP contribution < -0.4 is 10.1 Å². The quantitative estimate of drug-likeness (QED) is 0.207. The van der Waals surface area contributed by atoms with Crippen molar-refractivity contribution in [3.05, 3.63) is 82.5 Å². The van der Waals surface area contributed by atoms with Gasteiger partial charge < -0.3 is 29.1 Å². The Bertz CT molecular complexity index is 1900. The molecule has 0 spiro atoms. The molecule has 3 aliphatic heterocycles. The first-order valence-electron chi connectivity index (χ1n) is 17.2. The molecule has 0 saturated carbocycles. The number of piperidine rings is 1. The van der Waals surface area contributed by atoms with Crippen molar-refractivity contribution >= 4 is 49.5 Å². The number of benzene rings is 1. The van der Waals surface area contributed by atoms with Crippen LogP contribution in [0, 0.1) is 0 Å². The fourth-order valence-corrected chi connectivity index (χ4v) is 8.68. The number of imidazole rings is 1. The molecule has 13 nitrogen and oxygen atoms in total. The molecule has 268 valence electrons. The Morgan fingerprint density at radius 2 is 1.94 bits per heavy atom. The summed E-state index contributed by atoms with van der Waals surface area (Å²) in [5, 5.41) is 12.5. The number of hydrogen-bond donors (Lipinski definition) is 2. The highest BCUT2D eigenvalue weighted by Crippen LogP contribution is 2.30. The van der Waals surface area contributed by atoms with Crippen molar-refractivity contribution < 1.29 is 33.0 Å². The second kappa shape index (κ2) is 15.4. The van der Waals surface area contributed by atoms with Gasteiger partial charge in [-0.1, -0.05) is 17.7 Å². The number of likely N-dealkylation sites (tertiary alicyclic amines) is 2. The Labute approximate surface area is 300 Å². The highest BCUT2D eigenvalue weighted by atomic mass is 35.5. The minimum atomic E-state index is -1.41. The molecule has 3 atom stereocenters. The maximum absolute atomic E-state index is 13.9. The number of carbonyl (C=O) groups excluding carboxylic acids is 2. The minimum absolute atomic E-state index is 0.255. The predicted octanol–water partition coefficient (Wildman–Crippen LogP) is 3.48. The highest BCUT2D eigenvalue weighted by Gasteiger charge is 2.39. The van der Waals surface area contributed by atoms with Crippen LogP contribution >= 0.6 is 11.6 Å². The number of rotatable bonds is 12. The monoisotopic (exact) mass is 735 g/mol. The van der Waals surface area contributed by atoms with Gasteiger partial charge in [0.1, 0.15) is 24.6 Å². The van der Waals surface area contributed by atoms with E-state index >= 15 is 0 Å². The number of aromatic nitrogens is 4. The number of ether oxygens (including phenoxy) is 1. The van der Waals surface area contributed by atoms with E-state index in [1.807, 2.05) is 24.3 Å². The number of halogens is 2. The molecule has 6 heterocycles. The third kappa shape index (κ3) is 8.22. The molecular formula is C35H39ClFN7O6Si. The van der Waals surface area contributed by atoms with Gasteiger partial charge >= 0.3 is 5.97 Å². The fraction of sp³-hybridized carbons (Fsp3) is 0.429. The second-order valence-electron chi connectivity index (χ2n) is 13.2. The Kier molecular flexibility index (Phi) is 10.6. The number of carbonyl (C=O) groups is 3. The molecular weight excluding hydrogens is 697 g/mol. The van der Waals surface area contributed by atoms with E-state index < -0.39 is 45.6 Å². The number of carboxylic acid groups (broad SMARTS) is 1. The summed E-state index contributed by atoms with van der Waals surface area (Å²) in [7, 11) is -1.37. The van der Waals surface area contributed by atoms with E-state index in [-0.39, 0.29) is 13.0 Å². The predicted molar refractivity (Wildman–Crippen MR) is 188 cm³/mol. The van der Waals surface area contributed by atoms with E-state index in [2.05, 4.69) is 25.8 Å². The van der Waals surface area contributed by atoms with Crippen LogP contribution in [0.1, 0.15) is 52.8 Å². The van der Waals surface area contributed by atoms with Gasteiger partial charge in [0, 0.05) is 48.6 Å². The molecule has 1 aromatic carbocycles. The summed E-state index contributed by atoms with van der Waals surface area (Å²) in [5.74, 6) is -0.605. The van der Waals surface area contributed by atoms with Crippen molar-refractivity contribution in [2.75, 3.05) is 32.8 Å². The van der Waals surface area contributed by atoms with Gasteiger partial charge in [0.15, 0.2) is 9.04 Å². The standard InChI is InChI=1S/C35H39ClFN7O6Si/c36-24-5-6-26(38-16-24)20-49-32-3-1-2-27(41-32)22-8-10-42(11-9-22)19-31-40-28-14-23(4-7-29(28)44(31)21-51-13-12-50-51)34(46)39-17-33(45)43-18-25(37)15-30(43)35(47)48/h1-7,14,16,22,25,30,51H,8-13,15,17-21H2,(H,39,46)(H,47,48)/t25-,30-,51-/m0/s1. The summed E-state index contributed by atoms with van der Waals surface area (Å²) < 4.78 is 27.9. The topological polar surface area (TPSA) is 152 Å². The molecule has 3 fully saturated rings. The number of alkyl halides is 1. The number of aliphatic carboxylic acids is 1. The van der Waals surface area contributed by atoms with E-state index in [0.29, 0.717) is 41.1 Å². The van der Waals surface area contributed by atoms with Gasteiger partial charge in [-0.2, -0.15) is 0 Å². The number of nitrogens with one attached hydrogen (secondary N) is 1. The van der Waals surface area contributed by atoms with Crippen LogP contribution in [0.4, 0.5) is 4.39 Å². The van der Waals surface area contributed by atoms with Crippen LogP contribution in [0.5, 0.6) is 5.88 Å². The summed E-state index contributed by atoms with van der Waals surface area (Å²) >= 11 is 5.94. The van der Waals surface area contributed by atoms with E-state index in [0.717, 1.165) is 72.4 Å². The lowest BCUT2D eigenvalue weighted by atomic mass is 9.93. The minimum Gasteiger partial charge on any atom is -0.480 e. The number of nitrogens with zero attached hydrogens (tertiary/aromatic N) is 6. The molecule has 2 amide bonds. The SMILES string of the molecule is O=C(NCC(=O)N1C[C@@H](F)C[C@H]1C(=O)O)c1ccc2c(c1)nc(CN1CCC(c3cccc(OCc4ccc(Cl)cn4)n3)CC1)n2C[Si@@H]1CCO1. The number of fused-ring (bicyclic) bond motifs is 1. The maximum Gasteiger partial charge on any atom is 0.326 e. The zero-order valence-electron chi connectivity index (χ0n) is 27.9. The van der Waals surface area contributed by atoms with Crippen LogP contribution in [-0.2, 0) is 33.3 Å². The molecule has 0 bridgehead atoms. The summed E-state index contributed by atoms with van der Waals surface area (Å²) in [6.07, 6.45) is 2.61. The van der Waals surface area contributed by atoms with E-state index in [1.165, 1.54) is 0 Å². The fourth-order valence-electron chi connectivity index (χ4n) is 6.90. The maximum atomic E-state index is 13.9. The average Bonchev–Trinajstić information content (AvgIpc) is 3.68. The van der Waals surface area contributed by atoms with Gasteiger partial charge in [-0.25, -0.2) is 19.2 Å². The van der Waals surface area contributed by atoms with Gasteiger partial charge in [-0.3, -0.25) is 19.5 Å². The zero-order valence-corrected chi connectivity index (χ0v) is 29.8. The van der Waals surface area contributed by atoms with Crippen LogP contribution in [0.3, 0.4) is 0 Å². The first kappa shape index (κ1) is 35.0. The molecule has 51 heavy (non-hydrogen) atoms. The van der Waals surface area contributed by atoms with Crippen molar-refractivity contribution in [1.29, 1.82) is 0 Å². The lowest BCUT2D eigenvalue weighted by molar-refractivity contribution is -0.147. The van der Waals surface area contributed by atoms with E-state index in [1.54, 1.807) is 24.4 Å². The van der Waals surface area contributed by atoms with Gasteiger partial charge in [0.25, 0.3) is 5.91 Å². The number of carboxylic acids is 1. The third-order valence-electron chi connectivity index (χ3n) is 9.80. The number of hydrogen-bond acceptors (Lipinski definition) is 9. The van der Waals surface area contributed by atoms with E-state index in [4.69, 9.17) is 30.7 Å². The summed E-state index contributed by atoms with van der Waals surface area (Å²) in [6, 6.07) is 14.7. The van der Waals surface area contributed by atoms with Gasteiger partial charge in [0.05, 0.1) is 41.4 Å². The molecule has 0 radical (unpaired) electrons. The molecule has 0 unspecified atom stereocenters. The zero-order chi connectivity index (χ0) is 35.5. The Morgan fingerprint density at radius 3 is 2.67 bits per heavy atom. The molecule has 3 aromatic heterocycles. The number of amides is 2. The summed E-state index contributed by atoms with van der Waals surface area (Å²) in [6.45, 7) is 2.77. The molecule has 3 saturated heterocycles. The van der Waals surface area contributed by atoms with Crippen molar-refractivity contribution in [2.24, 2.45) is 0 Å². The first-order chi connectivity index (χ1) is 24.7. The molecule has 4 aromatic rings. The van der Waals surface area contributed by atoms with Crippen LogP contribution in [0.15, 0.2) is 54.7 Å². The van der Waals surface area contributed by atoms with Crippen LogP contribution in [0.25, 0.3) is 11.0 Å². The molecule has 3 aliphatic rings. The third-order valence-corrected chi connectivity index (χ3v) is 12.4. The summed E-state index contributed by atoms with van der Waals surface area (Å²) in [4.78, 5) is 54.6. The normalized spacial score (nSPS) is 21.1. The molecule has 2 N–H and O–H groups in total. The Morgan fingerprint density at radius 1 is 1.12 bits per heavy atom. The largest absolute Gasteiger partial charge is 0.480 e. The molecule has 7 rings (SSSR count). The lowest BCUT2D eigenvalue weighted by Gasteiger charge is -2.32.